The summed E-state index contributed by atoms with van der Waals surface area (Å²) in [6, 6.07) is 51.6. The van der Waals surface area contributed by atoms with Gasteiger partial charge in [0.05, 0.1) is 0 Å². The molecular formula is C65H73BN2. The molecule has 0 saturated carbocycles. The fourth-order valence-electron chi connectivity index (χ4n) is 12.0. The fourth-order valence-corrected chi connectivity index (χ4v) is 12.0. The minimum absolute atomic E-state index is 0.0754. The van der Waals surface area contributed by atoms with Gasteiger partial charge in [0, 0.05) is 34.0 Å². The average Bonchev–Trinajstić information content (AvgIpc) is 3.32. The van der Waals surface area contributed by atoms with Crippen LogP contribution in [-0.2, 0) is 28.1 Å². The Labute approximate surface area is 409 Å². The normalized spacial score (nSPS) is 17.0. The van der Waals surface area contributed by atoms with Crippen LogP contribution in [0.1, 0.15) is 146 Å². The van der Waals surface area contributed by atoms with Crippen LogP contribution < -0.4 is 21.1 Å². The Balaban J connectivity index is 1.23. The molecule has 3 aliphatic rings. The highest BCUT2D eigenvalue weighted by atomic mass is 15.2. The fraction of sp³-hybridized carbons (Fsp3) is 0.354. The van der Waals surface area contributed by atoms with Crippen LogP contribution in [0.2, 0.25) is 0 Å². The Hall–Kier alpha value is -5.80. The van der Waals surface area contributed by atoms with Crippen LogP contribution >= 0.6 is 0 Å². The summed E-state index contributed by atoms with van der Waals surface area (Å²) in [5, 5.41) is 4.15. The van der Waals surface area contributed by atoms with Crippen LogP contribution in [0, 0.1) is 13.8 Å². The Bertz CT molecular complexity index is 3040. The number of fused-ring (bicyclic) bond motifs is 4. The van der Waals surface area contributed by atoms with E-state index in [4.69, 9.17) is 0 Å². The van der Waals surface area contributed by atoms with E-state index in [1.165, 1.54) is 151 Å². The van der Waals surface area contributed by atoms with Crippen LogP contribution in [0.3, 0.4) is 0 Å². The van der Waals surface area contributed by atoms with Gasteiger partial charge in [0.25, 0.3) is 0 Å². The first-order valence-corrected chi connectivity index (χ1v) is 25.9. The maximum Gasteiger partial charge on any atom is 0.198 e. The summed E-state index contributed by atoms with van der Waals surface area (Å²) in [6.07, 6.45) is 9.39. The second-order valence-electron chi connectivity index (χ2n) is 23.5. The standard InChI is InChI=1S/C65H73BN2/c1-12-13-16-21-44-36-50(49-38-47(45-22-17-14-18-23-45)27-29-56(49)67-57-40-53-51(34-42(57)2)62(4,5)30-32-64(53,8)9)61-60(37-44)68(59-39-48(26-28-55(59)66-61)46-24-19-15-20-25-46)58-41-54-52(35-43(58)3)63(6,7)31-33-65(54,10)11/h14-15,17-20,22-29,34-41,66-67H,12-13,16,21,30-33H2,1-11H3. The summed E-state index contributed by atoms with van der Waals surface area (Å²) in [6.45, 7) is 26.6. The van der Waals surface area contributed by atoms with E-state index in [-0.39, 0.29) is 21.7 Å². The molecule has 7 aromatic rings. The Kier molecular flexibility index (Phi) is 11.7. The lowest BCUT2D eigenvalue weighted by Gasteiger charge is -2.44. The van der Waals surface area contributed by atoms with Gasteiger partial charge in [-0.1, -0.05) is 178 Å². The first-order valence-electron chi connectivity index (χ1n) is 25.9. The molecule has 0 fully saturated rings. The predicted octanol–water partition coefficient (Wildman–Crippen LogP) is 16.6. The van der Waals surface area contributed by atoms with E-state index >= 15 is 0 Å². The van der Waals surface area contributed by atoms with Gasteiger partial charge in [-0.05, 0) is 183 Å². The topological polar surface area (TPSA) is 15.3 Å². The lowest BCUT2D eigenvalue weighted by molar-refractivity contribution is 0.332. The highest BCUT2D eigenvalue weighted by molar-refractivity contribution is 6.73. The molecule has 0 aromatic heterocycles. The molecule has 3 heteroatoms. The van der Waals surface area contributed by atoms with Crippen molar-refractivity contribution in [3.05, 3.63) is 172 Å². The van der Waals surface area contributed by atoms with Crippen molar-refractivity contribution in [1.29, 1.82) is 0 Å². The molecule has 0 atom stereocenters. The van der Waals surface area contributed by atoms with Gasteiger partial charge >= 0.3 is 0 Å². The zero-order chi connectivity index (χ0) is 47.8. The van der Waals surface area contributed by atoms with Crippen molar-refractivity contribution in [2.45, 2.75) is 149 Å². The average molecular weight is 893 g/mol. The summed E-state index contributed by atoms with van der Waals surface area (Å²) in [4.78, 5) is 2.69. The lowest BCUT2D eigenvalue weighted by Crippen LogP contribution is -2.41. The third-order valence-corrected chi connectivity index (χ3v) is 16.7. The van der Waals surface area contributed by atoms with Gasteiger partial charge in [0.1, 0.15) is 0 Å². The number of hydrogen-bond donors (Lipinski definition) is 1. The summed E-state index contributed by atoms with van der Waals surface area (Å²) >= 11 is 0. The van der Waals surface area contributed by atoms with Crippen molar-refractivity contribution >= 4 is 46.6 Å². The van der Waals surface area contributed by atoms with E-state index in [2.05, 4.69) is 220 Å². The molecule has 1 N–H and O–H groups in total. The van der Waals surface area contributed by atoms with Crippen molar-refractivity contribution in [3.63, 3.8) is 0 Å². The van der Waals surface area contributed by atoms with Crippen molar-refractivity contribution in [2.75, 3.05) is 10.2 Å². The van der Waals surface area contributed by atoms with Crippen LogP contribution in [-0.4, -0.2) is 7.28 Å². The molecule has 2 nitrogen and oxygen atoms in total. The number of benzene rings is 7. The summed E-state index contributed by atoms with van der Waals surface area (Å²) in [7, 11) is 0.847. The van der Waals surface area contributed by atoms with Gasteiger partial charge < -0.3 is 10.2 Å². The molecule has 0 unspecified atom stereocenters. The third kappa shape index (κ3) is 8.33. The number of aryl methyl sites for hydroxylation is 3. The lowest BCUT2D eigenvalue weighted by atomic mass is 9.57. The molecular weight excluding hydrogens is 820 g/mol. The van der Waals surface area contributed by atoms with E-state index in [0.29, 0.717) is 0 Å². The Morgan fingerprint density at radius 3 is 1.62 bits per heavy atom. The van der Waals surface area contributed by atoms with Crippen molar-refractivity contribution < 1.29 is 0 Å². The molecule has 0 saturated heterocycles. The molecule has 0 amide bonds. The molecule has 10 rings (SSSR count). The van der Waals surface area contributed by atoms with Gasteiger partial charge in [0.2, 0.25) is 0 Å². The van der Waals surface area contributed by atoms with Crippen molar-refractivity contribution in [1.82, 2.24) is 0 Å². The van der Waals surface area contributed by atoms with Crippen LogP contribution in [0.15, 0.2) is 133 Å². The second kappa shape index (κ2) is 17.3. The smallest absolute Gasteiger partial charge is 0.198 e. The third-order valence-electron chi connectivity index (χ3n) is 16.7. The largest absolute Gasteiger partial charge is 0.355 e. The monoisotopic (exact) mass is 893 g/mol. The van der Waals surface area contributed by atoms with E-state index in [9.17, 15) is 0 Å². The van der Waals surface area contributed by atoms with Crippen molar-refractivity contribution in [3.8, 4) is 33.4 Å². The van der Waals surface area contributed by atoms with Crippen LogP contribution in [0.25, 0.3) is 33.4 Å². The van der Waals surface area contributed by atoms with E-state index in [1.807, 2.05) is 0 Å². The summed E-state index contributed by atoms with van der Waals surface area (Å²) in [5.74, 6) is 0. The number of rotatable bonds is 10. The van der Waals surface area contributed by atoms with E-state index in [0.717, 1.165) is 19.4 Å². The molecule has 2 aliphatic carbocycles. The van der Waals surface area contributed by atoms with Gasteiger partial charge in [-0.15, -0.1) is 0 Å². The SMILES string of the molecule is CCCCCc1cc(-c2cc(-c3ccccc3)ccc2Nc2cc3c(cc2C)C(C)(C)CCC3(C)C)c2c(c1)N(c1cc3c(cc1C)C(C)(C)CCC3(C)C)c1cc(-c3ccccc3)ccc1B2. The molecule has 346 valence electrons. The predicted molar refractivity (Wildman–Crippen MR) is 297 cm³/mol. The van der Waals surface area contributed by atoms with Gasteiger partial charge in [-0.25, -0.2) is 0 Å². The zero-order valence-corrected chi connectivity index (χ0v) is 43.0. The van der Waals surface area contributed by atoms with E-state index in [1.54, 1.807) is 0 Å². The molecule has 0 bridgehead atoms. The van der Waals surface area contributed by atoms with Gasteiger partial charge in [-0.2, -0.15) is 0 Å². The minimum atomic E-state index is 0.0754. The molecule has 1 heterocycles. The van der Waals surface area contributed by atoms with E-state index < -0.39 is 0 Å². The first-order chi connectivity index (χ1) is 32.4. The number of nitrogens with zero attached hydrogens (tertiary/aromatic N) is 1. The van der Waals surface area contributed by atoms with Gasteiger partial charge in [-0.3, -0.25) is 0 Å². The van der Waals surface area contributed by atoms with Gasteiger partial charge in [0.15, 0.2) is 7.28 Å². The minimum Gasteiger partial charge on any atom is -0.355 e. The Morgan fingerprint density at radius 2 is 1.01 bits per heavy atom. The quantitative estimate of drug-likeness (QED) is 0.109. The number of unbranched alkanes of at least 4 members (excludes halogenated alkanes) is 2. The van der Waals surface area contributed by atoms with Crippen LogP contribution in [0.5, 0.6) is 0 Å². The van der Waals surface area contributed by atoms with Crippen LogP contribution in [0.4, 0.5) is 28.4 Å². The molecule has 7 aromatic carbocycles. The molecule has 1 aliphatic heterocycles. The molecule has 0 radical (unpaired) electrons. The molecule has 0 spiro atoms. The molecule has 68 heavy (non-hydrogen) atoms. The first kappa shape index (κ1) is 46.0. The zero-order valence-electron chi connectivity index (χ0n) is 43.0. The number of nitrogens with one attached hydrogen (secondary N) is 1. The number of anilines is 5. The maximum absolute atomic E-state index is 4.15. The Morgan fingerprint density at radius 1 is 0.471 bits per heavy atom. The highest BCUT2D eigenvalue weighted by Gasteiger charge is 2.40. The number of hydrogen-bond acceptors (Lipinski definition) is 2. The second-order valence-corrected chi connectivity index (χ2v) is 23.5. The summed E-state index contributed by atoms with van der Waals surface area (Å²) in [5.41, 5.74) is 27.0. The van der Waals surface area contributed by atoms with Crippen molar-refractivity contribution in [2.24, 2.45) is 0 Å². The summed E-state index contributed by atoms with van der Waals surface area (Å²) < 4.78 is 0. The highest BCUT2D eigenvalue weighted by Crippen LogP contribution is 2.51. The maximum atomic E-state index is 4.15.